The number of aryl methyl sites for hydroxylation is 1. The zero-order chi connectivity index (χ0) is 19.8. The van der Waals surface area contributed by atoms with E-state index in [1.54, 1.807) is 7.05 Å². The van der Waals surface area contributed by atoms with Crippen molar-refractivity contribution in [2.75, 3.05) is 20.7 Å². The van der Waals surface area contributed by atoms with Gasteiger partial charge in [0.1, 0.15) is 0 Å². The van der Waals surface area contributed by atoms with E-state index in [2.05, 4.69) is 52.3 Å². The summed E-state index contributed by atoms with van der Waals surface area (Å²) in [5, 5.41) is 7.97. The van der Waals surface area contributed by atoms with Crippen LogP contribution < -0.4 is 10.1 Å². The molecule has 0 fully saturated rings. The Morgan fingerprint density at radius 1 is 1.37 bits per heavy atom. The first kappa shape index (κ1) is 20.7. The van der Waals surface area contributed by atoms with E-state index in [1.165, 1.54) is 5.56 Å². The molecule has 2 aromatic rings. The summed E-state index contributed by atoms with van der Waals surface area (Å²) in [7, 11) is 5.79. The van der Waals surface area contributed by atoms with Crippen LogP contribution in [-0.2, 0) is 20.1 Å². The summed E-state index contributed by atoms with van der Waals surface area (Å²) in [6.45, 7) is 8.51. The van der Waals surface area contributed by atoms with E-state index >= 15 is 0 Å². The van der Waals surface area contributed by atoms with Gasteiger partial charge < -0.3 is 15.0 Å². The van der Waals surface area contributed by atoms with E-state index < -0.39 is 0 Å². The molecule has 2 aromatic heterocycles. The van der Waals surface area contributed by atoms with Crippen LogP contribution >= 0.6 is 0 Å². The van der Waals surface area contributed by atoms with Gasteiger partial charge in [-0.15, -0.1) is 0 Å². The number of hydrogen-bond acceptors (Lipinski definition) is 4. The fraction of sp³-hybridized carbons (Fsp3) is 0.550. The van der Waals surface area contributed by atoms with Crippen molar-refractivity contribution >= 4 is 5.96 Å². The molecule has 0 atom stereocenters. The fourth-order valence-corrected chi connectivity index (χ4v) is 2.87. The standard InChI is InChI=1S/C20H32N6O/c1-7-10-27-18-9-8-16(11-22-18)12-23-20(21-4)25(5)13-17-14-26(6)24-19(17)15(2)3/h8-9,11,14-15H,7,10,12-13H2,1-6H3,(H,21,23). The predicted octanol–water partition coefficient (Wildman–Crippen LogP) is 2.93. The molecule has 0 saturated carbocycles. The number of hydrogen-bond donors (Lipinski definition) is 1. The zero-order valence-electron chi connectivity index (χ0n) is 17.4. The van der Waals surface area contributed by atoms with Crippen LogP contribution in [-0.4, -0.2) is 46.3 Å². The molecule has 0 aliphatic rings. The van der Waals surface area contributed by atoms with Crippen molar-refractivity contribution in [2.45, 2.75) is 46.2 Å². The lowest BCUT2D eigenvalue weighted by molar-refractivity contribution is 0.305. The van der Waals surface area contributed by atoms with Crippen LogP contribution in [0, 0.1) is 0 Å². The van der Waals surface area contributed by atoms with Crippen molar-refractivity contribution in [1.29, 1.82) is 0 Å². The summed E-state index contributed by atoms with van der Waals surface area (Å²) in [5.41, 5.74) is 3.43. The number of pyridine rings is 1. The van der Waals surface area contributed by atoms with Crippen molar-refractivity contribution in [3.63, 3.8) is 0 Å². The second-order valence-electron chi connectivity index (χ2n) is 6.98. The van der Waals surface area contributed by atoms with Crippen LogP contribution in [0.4, 0.5) is 0 Å². The first-order valence-electron chi connectivity index (χ1n) is 9.46. The van der Waals surface area contributed by atoms with Crippen molar-refractivity contribution in [2.24, 2.45) is 12.0 Å². The van der Waals surface area contributed by atoms with E-state index in [0.29, 0.717) is 24.9 Å². The first-order chi connectivity index (χ1) is 12.9. The highest BCUT2D eigenvalue weighted by Crippen LogP contribution is 2.18. The molecule has 0 amide bonds. The number of guanidine groups is 1. The van der Waals surface area contributed by atoms with Crippen molar-refractivity contribution < 1.29 is 4.74 Å². The minimum atomic E-state index is 0.393. The smallest absolute Gasteiger partial charge is 0.213 e. The lowest BCUT2D eigenvalue weighted by Crippen LogP contribution is -2.38. The van der Waals surface area contributed by atoms with Crippen LogP contribution in [0.15, 0.2) is 29.5 Å². The van der Waals surface area contributed by atoms with Gasteiger partial charge in [-0.3, -0.25) is 9.67 Å². The van der Waals surface area contributed by atoms with Crippen LogP contribution in [0.5, 0.6) is 5.88 Å². The maximum absolute atomic E-state index is 5.52. The average molecular weight is 373 g/mol. The van der Waals surface area contributed by atoms with E-state index in [1.807, 2.05) is 37.1 Å². The third-order valence-electron chi connectivity index (χ3n) is 4.17. The molecule has 0 bridgehead atoms. The Kier molecular flexibility index (Phi) is 7.64. The van der Waals surface area contributed by atoms with Crippen LogP contribution in [0.3, 0.4) is 0 Å². The highest BCUT2D eigenvalue weighted by Gasteiger charge is 2.15. The van der Waals surface area contributed by atoms with Gasteiger partial charge in [0.25, 0.3) is 0 Å². The minimum absolute atomic E-state index is 0.393. The lowest BCUT2D eigenvalue weighted by atomic mass is 10.1. The molecule has 0 radical (unpaired) electrons. The van der Waals surface area contributed by atoms with Gasteiger partial charge in [-0.1, -0.05) is 26.8 Å². The summed E-state index contributed by atoms with van der Waals surface area (Å²) in [4.78, 5) is 10.8. The number of aromatic nitrogens is 3. The van der Waals surface area contributed by atoms with Gasteiger partial charge in [-0.05, 0) is 17.9 Å². The summed E-state index contributed by atoms with van der Waals surface area (Å²) in [6.07, 6.45) is 4.89. The number of ether oxygens (including phenoxy) is 1. The second kappa shape index (κ2) is 9.94. The molecular formula is C20H32N6O. The average Bonchev–Trinajstić information content (AvgIpc) is 3.02. The van der Waals surface area contributed by atoms with Gasteiger partial charge in [0.2, 0.25) is 5.88 Å². The fourth-order valence-electron chi connectivity index (χ4n) is 2.87. The molecule has 0 aliphatic carbocycles. The van der Waals surface area contributed by atoms with E-state index in [9.17, 15) is 0 Å². The molecule has 2 rings (SSSR count). The third kappa shape index (κ3) is 5.98. The number of nitrogens with one attached hydrogen (secondary N) is 1. The first-order valence-corrected chi connectivity index (χ1v) is 9.46. The maximum atomic E-state index is 5.52. The monoisotopic (exact) mass is 372 g/mol. The van der Waals surface area contributed by atoms with E-state index in [-0.39, 0.29) is 0 Å². The third-order valence-corrected chi connectivity index (χ3v) is 4.17. The Balaban J connectivity index is 1.95. The number of nitrogens with zero attached hydrogens (tertiary/aromatic N) is 5. The molecule has 7 nitrogen and oxygen atoms in total. The number of aliphatic imine (C=N–C) groups is 1. The summed E-state index contributed by atoms with van der Waals surface area (Å²) >= 11 is 0. The molecule has 0 aromatic carbocycles. The number of rotatable bonds is 8. The predicted molar refractivity (Wildman–Crippen MR) is 109 cm³/mol. The van der Waals surface area contributed by atoms with Crippen molar-refractivity contribution in [3.8, 4) is 5.88 Å². The molecule has 1 N–H and O–H groups in total. The van der Waals surface area contributed by atoms with Gasteiger partial charge in [0.05, 0.1) is 12.3 Å². The summed E-state index contributed by atoms with van der Waals surface area (Å²) in [6, 6.07) is 3.93. The second-order valence-corrected chi connectivity index (χ2v) is 6.98. The van der Waals surface area contributed by atoms with Crippen LogP contribution in [0.2, 0.25) is 0 Å². The zero-order valence-corrected chi connectivity index (χ0v) is 17.4. The largest absolute Gasteiger partial charge is 0.478 e. The van der Waals surface area contributed by atoms with E-state index in [0.717, 1.165) is 30.2 Å². The van der Waals surface area contributed by atoms with Gasteiger partial charge >= 0.3 is 0 Å². The SMILES string of the molecule is CCCOc1ccc(CNC(=NC)N(C)Cc2cn(C)nc2C(C)C)cn1. The highest BCUT2D eigenvalue weighted by molar-refractivity contribution is 5.79. The maximum Gasteiger partial charge on any atom is 0.213 e. The molecule has 0 unspecified atom stereocenters. The lowest BCUT2D eigenvalue weighted by Gasteiger charge is -2.22. The Morgan fingerprint density at radius 3 is 2.74 bits per heavy atom. The topological polar surface area (TPSA) is 67.6 Å². The quantitative estimate of drug-likeness (QED) is 0.570. The Bertz CT molecular complexity index is 735. The summed E-state index contributed by atoms with van der Waals surface area (Å²) in [5.74, 6) is 1.89. The Morgan fingerprint density at radius 2 is 2.15 bits per heavy atom. The van der Waals surface area contributed by atoms with Gasteiger partial charge in [-0.2, -0.15) is 5.10 Å². The van der Waals surface area contributed by atoms with Gasteiger partial charge in [-0.25, -0.2) is 4.98 Å². The van der Waals surface area contributed by atoms with Crippen LogP contribution in [0.1, 0.15) is 49.9 Å². The molecule has 0 spiro atoms. The van der Waals surface area contributed by atoms with Crippen molar-refractivity contribution in [3.05, 3.63) is 41.3 Å². The van der Waals surface area contributed by atoms with Crippen molar-refractivity contribution in [1.82, 2.24) is 25.0 Å². The van der Waals surface area contributed by atoms with Gasteiger partial charge in [0.15, 0.2) is 5.96 Å². The Hall–Kier alpha value is -2.57. The molecular weight excluding hydrogens is 340 g/mol. The van der Waals surface area contributed by atoms with Gasteiger partial charge in [0, 0.05) is 58.3 Å². The molecule has 2 heterocycles. The minimum Gasteiger partial charge on any atom is -0.478 e. The highest BCUT2D eigenvalue weighted by atomic mass is 16.5. The molecule has 0 saturated heterocycles. The summed E-state index contributed by atoms with van der Waals surface area (Å²) < 4.78 is 7.40. The Labute approximate surface area is 162 Å². The molecule has 7 heteroatoms. The molecule has 148 valence electrons. The molecule has 0 aliphatic heterocycles. The normalized spacial score (nSPS) is 11.7. The molecule has 27 heavy (non-hydrogen) atoms. The van der Waals surface area contributed by atoms with Crippen LogP contribution in [0.25, 0.3) is 0 Å². The van der Waals surface area contributed by atoms with E-state index in [4.69, 9.17) is 4.74 Å².